The summed E-state index contributed by atoms with van der Waals surface area (Å²) in [5, 5.41) is 8.98. The van der Waals surface area contributed by atoms with E-state index in [9.17, 15) is 26.4 Å². The number of hydroxylamine groups is 1. The smallest absolute Gasteiger partial charge is 0.289 e. The summed E-state index contributed by atoms with van der Waals surface area (Å²) in [5.74, 6) is -3.77. The van der Waals surface area contributed by atoms with Crippen LogP contribution in [0.2, 0.25) is 0 Å². The van der Waals surface area contributed by atoms with Gasteiger partial charge in [0.1, 0.15) is 0 Å². The molecule has 26 heavy (non-hydrogen) atoms. The number of anilines is 1. The van der Waals surface area contributed by atoms with E-state index in [-0.39, 0.29) is 11.3 Å². The molecule has 0 spiro atoms. The third-order valence-corrected chi connectivity index (χ3v) is 4.61. The van der Waals surface area contributed by atoms with Crippen LogP contribution in [0, 0.1) is 0 Å². The van der Waals surface area contributed by atoms with Gasteiger partial charge in [0, 0.05) is 5.69 Å². The SMILES string of the molecule is O=C(NO)C(c1ccccc1)c1cccc(NS(=O)(=O)CC(F)(F)F)c1. The average Bonchev–Trinajstić information content (AvgIpc) is 2.53. The Kier molecular flexibility index (Phi) is 5.88. The molecular formula is C16H15F3N2O4S. The molecule has 0 heterocycles. The Labute approximate surface area is 147 Å². The molecule has 0 aliphatic rings. The van der Waals surface area contributed by atoms with Gasteiger partial charge in [0.2, 0.25) is 10.0 Å². The second kappa shape index (κ2) is 7.75. The first kappa shape index (κ1) is 19.7. The monoisotopic (exact) mass is 388 g/mol. The number of carbonyl (C=O) groups is 1. The molecule has 0 radical (unpaired) electrons. The summed E-state index contributed by atoms with van der Waals surface area (Å²) in [6.07, 6.45) is -4.88. The third-order valence-electron chi connectivity index (χ3n) is 3.35. The highest BCUT2D eigenvalue weighted by Gasteiger charge is 2.35. The zero-order valence-corrected chi connectivity index (χ0v) is 14.0. The van der Waals surface area contributed by atoms with Crippen LogP contribution in [0.5, 0.6) is 0 Å². The lowest BCUT2D eigenvalue weighted by molar-refractivity contribution is -0.129. The van der Waals surface area contributed by atoms with Crippen LogP contribution in [-0.2, 0) is 14.8 Å². The number of nitrogens with one attached hydrogen (secondary N) is 2. The van der Waals surface area contributed by atoms with E-state index in [2.05, 4.69) is 0 Å². The Morgan fingerprint density at radius 2 is 1.65 bits per heavy atom. The first-order valence-electron chi connectivity index (χ1n) is 7.27. The van der Waals surface area contributed by atoms with Crippen LogP contribution in [0.3, 0.4) is 0 Å². The lowest BCUT2D eigenvalue weighted by Gasteiger charge is -2.17. The van der Waals surface area contributed by atoms with Gasteiger partial charge in [-0.3, -0.25) is 14.7 Å². The highest BCUT2D eigenvalue weighted by atomic mass is 32.2. The van der Waals surface area contributed by atoms with Gasteiger partial charge in [0.15, 0.2) is 5.75 Å². The molecular weight excluding hydrogens is 373 g/mol. The third kappa shape index (κ3) is 5.46. The van der Waals surface area contributed by atoms with Crippen molar-refractivity contribution in [3.05, 3.63) is 65.7 Å². The molecule has 1 amide bonds. The zero-order chi connectivity index (χ0) is 19.4. The molecule has 0 aromatic heterocycles. The number of hydrogen-bond donors (Lipinski definition) is 3. The van der Waals surface area contributed by atoms with Gasteiger partial charge in [0.05, 0.1) is 5.92 Å². The van der Waals surface area contributed by atoms with Crippen molar-refractivity contribution in [2.24, 2.45) is 0 Å². The molecule has 0 bridgehead atoms. The normalized spacial score (nSPS) is 13.1. The first-order chi connectivity index (χ1) is 12.1. The number of halogens is 3. The van der Waals surface area contributed by atoms with Crippen LogP contribution < -0.4 is 10.2 Å². The summed E-state index contributed by atoms with van der Waals surface area (Å²) in [6, 6.07) is 13.7. The average molecular weight is 388 g/mol. The van der Waals surface area contributed by atoms with Crippen molar-refractivity contribution in [3.8, 4) is 0 Å². The molecule has 2 aromatic carbocycles. The molecule has 1 atom stereocenters. The molecule has 0 fully saturated rings. The van der Waals surface area contributed by atoms with Crippen molar-refractivity contribution in [1.82, 2.24) is 5.48 Å². The summed E-state index contributed by atoms with van der Waals surface area (Å²) in [4.78, 5) is 12.0. The first-order valence-corrected chi connectivity index (χ1v) is 8.92. The Hall–Kier alpha value is -2.59. The molecule has 3 N–H and O–H groups in total. The van der Waals surface area contributed by atoms with E-state index in [0.717, 1.165) is 0 Å². The van der Waals surface area contributed by atoms with Crippen LogP contribution in [0.4, 0.5) is 18.9 Å². The standard InChI is InChI=1S/C16H15F3N2O4S/c17-16(18,19)10-26(24,25)21-13-8-4-7-12(9-13)14(15(22)20-23)11-5-2-1-3-6-11/h1-9,14,21,23H,10H2,(H,20,22). The van der Waals surface area contributed by atoms with Gasteiger partial charge in [-0.05, 0) is 23.3 Å². The van der Waals surface area contributed by atoms with Crippen LogP contribution in [0.15, 0.2) is 54.6 Å². The van der Waals surface area contributed by atoms with Gasteiger partial charge in [-0.2, -0.15) is 13.2 Å². The van der Waals surface area contributed by atoms with Crippen LogP contribution in [0.1, 0.15) is 17.0 Å². The molecule has 0 aliphatic heterocycles. The lowest BCUT2D eigenvalue weighted by atomic mass is 9.90. The Morgan fingerprint density at radius 1 is 1.04 bits per heavy atom. The molecule has 2 aromatic rings. The van der Waals surface area contributed by atoms with Gasteiger partial charge in [-0.25, -0.2) is 13.9 Å². The molecule has 140 valence electrons. The van der Waals surface area contributed by atoms with Gasteiger partial charge in [-0.15, -0.1) is 0 Å². The predicted octanol–water partition coefficient (Wildman–Crippen LogP) is 2.63. The number of carbonyl (C=O) groups excluding carboxylic acids is 1. The fraction of sp³-hybridized carbons (Fsp3) is 0.188. The summed E-state index contributed by atoms with van der Waals surface area (Å²) in [7, 11) is -4.65. The number of rotatable bonds is 6. The molecule has 0 saturated heterocycles. The fourth-order valence-electron chi connectivity index (χ4n) is 2.42. The predicted molar refractivity (Wildman–Crippen MR) is 88.1 cm³/mol. The maximum absolute atomic E-state index is 12.3. The van der Waals surface area contributed by atoms with Crippen LogP contribution >= 0.6 is 0 Å². The van der Waals surface area contributed by atoms with E-state index in [1.54, 1.807) is 30.3 Å². The van der Waals surface area contributed by atoms with E-state index in [1.807, 2.05) is 4.72 Å². The number of benzene rings is 2. The van der Waals surface area contributed by atoms with Crippen molar-refractivity contribution < 1.29 is 31.6 Å². The van der Waals surface area contributed by atoms with Crippen molar-refractivity contribution in [2.75, 3.05) is 10.5 Å². The lowest BCUT2D eigenvalue weighted by Crippen LogP contribution is -2.28. The minimum atomic E-state index is -4.88. The van der Waals surface area contributed by atoms with Crippen molar-refractivity contribution in [2.45, 2.75) is 12.1 Å². The Balaban J connectivity index is 2.36. The minimum absolute atomic E-state index is 0.126. The van der Waals surface area contributed by atoms with Crippen LogP contribution in [-0.4, -0.2) is 31.5 Å². The largest absolute Gasteiger partial charge is 0.404 e. The van der Waals surface area contributed by atoms with Crippen LogP contribution in [0.25, 0.3) is 0 Å². The van der Waals surface area contributed by atoms with E-state index in [1.165, 1.54) is 29.7 Å². The molecule has 6 nitrogen and oxygen atoms in total. The van der Waals surface area contributed by atoms with Crippen molar-refractivity contribution in [1.29, 1.82) is 0 Å². The summed E-state index contributed by atoms with van der Waals surface area (Å²) in [6.45, 7) is 0. The topological polar surface area (TPSA) is 95.5 Å². The van der Waals surface area contributed by atoms with Gasteiger partial charge in [0.25, 0.3) is 5.91 Å². The minimum Gasteiger partial charge on any atom is -0.289 e. The van der Waals surface area contributed by atoms with Crippen molar-refractivity contribution >= 4 is 21.6 Å². The number of alkyl halides is 3. The second-order valence-corrected chi connectivity index (χ2v) is 7.14. The molecule has 0 saturated carbocycles. The summed E-state index contributed by atoms with van der Waals surface area (Å²) < 4.78 is 62.1. The highest BCUT2D eigenvalue weighted by molar-refractivity contribution is 7.92. The Morgan fingerprint density at radius 3 is 2.23 bits per heavy atom. The highest BCUT2D eigenvalue weighted by Crippen LogP contribution is 2.27. The molecule has 0 aliphatic carbocycles. The Bertz CT molecular complexity index is 871. The van der Waals surface area contributed by atoms with E-state index >= 15 is 0 Å². The van der Waals surface area contributed by atoms with Gasteiger partial charge >= 0.3 is 6.18 Å². The number of hydrogen-bond acceptors (Lipinski definition) is 4. The maximum Gasteiger partial charge on any atom is 0.404 e. The molecule has 10 heteroatoms. The van der Waals surface area contributed by atoms with E-state index < -0.39 is 33.8 Å². The van der Waals surface area contributed by atoms with E-state index in [0.29, 0.717) is 5.56 Å². The zero-order valence-electron chi connectivity index (χ0n) is 13.2. The molecule has 1 unspecified atom stereocenters. The second-order valence-electron chi connectivity index (χ2n) is 5.42. The van der Waals surface area contributed by atoms with E-state index in [4.69, 9.17) is 5.21 Å². The van der Waals surface area contributed by atoms with Gasteiger partial charge in [-0.1, -0.05) is 42.5 Å². The maximum atomic E-state index is 12.3. The summed E-state index contributed by atoms with van der Waals surface area (Å²) in [5.41, 5.74) is 2.20. The van der Waals surface area contributed by atoms with Gasteiger partial charge < -0.3 is 0 Å². The quantitative estimate of drug-likeness (QED) is 0.524. The van der Waals surface area contributed by atoms with Crippen molar-refractivity contribution in [3.63, 3.8) is 0 Å². The fourth-order valence-corrected chi connectivity index (χ4v) is 3.41. The molecule has 2 rings (SSSR count). The number of amides is 1. The number of sulfonamides is 1. The summed E-state index contributed by atoms with van der Waals surface area (Å²) >= 11 is 0.